The Morgan fingerprint density at radius 1 is 0.812 bits per heavy atom. The predicted octanol–water partition coefficient (Wildman–Crippen LogP) is 5.89. The van der Waals surface area contributed by atoms with E-state index in [0.29, 0.717) is 18.2 Å². The number of hydrogen-bond donors (Lipinski definition) is 0. The summed E-state index contributed by atoms with van der Waals surface area (Å²) < 4.78 is 100. The fraction of sp³-hybridized carbons (Fsp3) is 0.333. The van der Waals surface area contributed by atoms with Crippen LogP contribution in [0.15, 0.2) is 48.5 Å². The molecule has 0 saturated heterocycles. The average molecular weight is 480 g/mol. The zero-order chi connectivity index (χ0) is 24.5. The van der Waals surface area contributed by atoms with Crippen molar-refractivity contribution in [2.75, 3.05) is 6.16 Å². The van der Waals surface area contributed by atoms with E-state index in [0.717, 1.165) is 12.1 Å². The number of hydrogen-bond acceptors (Lipinski definition) is 4. The summed E-state index contributed by atoms with van der Waals surface area (Å²) >= 11 is 0. The van der Waals surface area contributed by atoms with E-state index in [9.17, 15) is 40.5 Å². The van der Waals surface area contributed by atoms with Gasteiger partial charge in [0.1, 0.15) is 11.8 Å². The number of alkyl halides is 6. The third-order valence-electron chi connectivity index (χ3n) is 4.16. The first-order valence-electron chi connectivity index (χ1n) is 9.15. The third-order valence-corrected chi connectivity index (χ3v) is 6.88. The summed E-state index contributed by atoms with van der Waals surface area (Å²) in [5.41, 5.74) is -8.59. The summed E-state index contributed by atoms with van der Waals surface area (Å²) in [4.78, 5) is 25.6. The molecule has 0 aromatic heterocycles. The van der Waals surface area contributed by atoms with Crippen LogP contribution in [0, 0.1) is 0 Å². The lowest BCUT2D eigenvalue weighted by molar-refractivity contribution is -0.151. The SMILES string of the molecule is CC(C)(C)OC(=O)CP(=O)(C(=O)c1c(C(F)(F)F)cccc1C(F)(F)F)c1ccccc1. The average Bonchev–Trinajstić information content (AvgIpc) is 2.64. The van der Waals surface area contributed by atoms with Crippen molar-refractivity contribution >= 4 is 23.9 Å². The van der Waals surface area contributed by atoms with Crippen molar-refractivity contribution < 1.29 is 45.2 Å². The minimum atomic E-state index is -5.35. The highest BCUT2D eigenvalue weighted by Crippen LogP contribution is 2.52. The molecule has 0 bridgehead atoms. The minimum Gasteiger partial charge on any atom is -0.460 e. The van der Waals surface area contributed by atoms with Crippen LogP contribution in [0.25, 0.3) is 0 Å². The Morgan fingerprint density at radius 3 is 1.69 bits per heavy atom. The number of rotatable bonds is 5. The molecule has 0 amide bonds. The molecule has 174 valence electrons. The van der Waals surface area contributed by atoms with Crippen LogP contribution in [0.4, 0.5) is 26.3 Å². The monoisotopic (exact) mass is 480 g/mol. The Bertz CT molecular complexity index is 1020. The molecule has 0 aliphatic carbocycles. The van der Waals surface area contributed by atoms with Crippen LogP contribution < -0.4 is 5.30 Å². The van der Waals surface area contributed by atoms with Gasteiger partial charge in [-0.1, -0.05) is 36.4 Å². The van der Waals surface area contributed by atoms with E-state index in [-0.39, 0.29) is 5.30 Å². The van der Waals surface area contributed by atoms with Crippen molar-refractivity contribution in [1.29, 1.82) is 0 Å². The van der Waals surface area contributed by atoms with Crippen LogP contribution >= 0.6 is 7.14 Å². The van der Waals surface area contributed by atoms with E-state index in [1.165, 1.54) is 39.0 Å². The van der Waals surface area contributed by atoms with Gasteiger partial charge < -0.3 is 9.30 Å². The van der Waals surface area contributed by atoms with Crippen molar-refractivity contribution in [3.8, 4) is 0 Å². The molecule has 0 fully saturated rings. The van der Waals surface area contributed by atoms with Crippen molar-refractivity contribution in [2.45, 2.75) is 38.7 Å². The van der Waals surface area contributed by atoms with Gasteiger partial charge in [-0.3, -0.25) is 9.59 Å². The normalized spacial score (nSPS) is 14.5. The summed E-state index contributed by atoms with van der Waals surface area (Å²) in [5, 5.41) is -0.360. The van der Waals surface area contributed by atoms with Crippen LogP contribution in [-0.2, 0) is 26.4 Å². The Hall–Kier alpha value is -2.61. The highest BCUT2D eigenvalue weighted by molar-refractivity contribution is 7.88. The van der Waals surface area contributed by atoms with Crippen LogP contribution in [0.2, 0.25) is 0 Å². The summed E-state index contributed by atoms with van der Waals surface area (Å²) in [6.07, 6.45) is -11.9. The Labute approximate surface area is 179 Å². The van der Waals surface area contributed by atoms with Gasteiger partial charge in [0.15, 0.2) is 7.14 Å². The maximum absolute atomic E-state index is 13.8. The topological polar surface area (TPSA) is 60.4 Å². The van der Waals surface area contributed by atoms with E-state index in [1.54, 1.807) is 0 Å². The van der Waals surface area contributed by atoms with Crippen LogP contribution in [0.3, 0.4) is 0 Å². The maximum Gasteiger partial charge on any atom is 0.417 e. The van der Waals surface area contributed by atoms with Gasteiger partial charge in [-0.05, 0) is 32.9 Å². The van der Waals surface area contributed by atoms with Gasteiger partial charge in [0.05, 0.1) is 16.7 Å². The van der Waals surface area contributed by atoms with Crippen LogP contribution in [0.1, 0.15) is 42.3 Å². The fourth-order valence-corrected chi connectivity index (χ4v) is 5.19. The second-order valence-corrected chi connectivity index (χ2v) is 10.6. The number of carbonyl (C=O) groups is 2. The summed E-state index contributed by atoms with van der Waals surface area (Å²) in [6, 6.07) is 7.34. The number of esters is 1. The van der Waals surface area contributed by atoms with E-state index in [4.69, 9.17) is 4.74 Å². The molecule has 2 aromatic carbocycles. The van der Waals surface area contributed by atoms with E-state index in [1.807, 2.05) is 0 Å². The third kappa shape index (κ3) is 5.79. The van der Waals surface area contributed by atoms with E-state index < -0.39 is 59.4 Å². The molecule has 0 N–H and O–H groups in total. The van der Waals surface area contributed by atoms with Gasteiger partial charge in [-0.15, -0.1) is 0 Å². The van der Waals surface area contributed by atoms with Crippen molar-refractivity contribution in [1.82, 2.24) is 0 Å². The van der Waals surface area contributed by atoms with Gasteiger partial charge >= 0.3 is 18.3 Å². The number of halogens is 6. The Kier molecular flexibility index (Phi) is 7.00. The molecular formula is C21H19F6O4P. The lowest BCUT2D eigenvalue weighted by Crippen LogP contribution is -2.30. The first-order valence-corrected chi connectivity index (χ1v) is 11.0. The Balaban J connectivity index is 2.79. The highest BCUT2D eigenvalue weighted by Gasteiger charge is 2.48. The first-order chi connectivity index (χ1) is 14.5. The molecule has 32 heavy (non-hydrogen) atoms. The van der Waals surface area contributed by atoms with Crippen molar-refractivity contribution in [2.24, 2.45) is 0 Å². The largest absolute Gasteiger partial charge is 0.460 e. The smallest absolute Gasteiger partial charge is 0.417 e. The Morgan fingerprint density at radius 2 is 1.28 bits per heavy atom. The van der Waals surface area contributed by atoms with E-state index in [2.05, 4.69) is 0 Å². The molecule has 11 heteroatoms. The molecule has 4 nitrogen and oxygen atoms in total. The van der Waals surface area contributed by atoms with Gasteiger partial charge in [-0.25, -0.2) is 0 Å². The zero-order valence-corrected chi connectivity index (χ0v) is 18.1. The molecule has 2 rings (SSSR count). The molecule has 1 atom stereocenters. The number of benzene rings is 2. The first kappa shape index (κ1) is 25.6. The summed E-state index contributed by atoms with van der Waals surface area (Å²) in [5.74, 6) is -1.20. The summed E-state index contributed by atoms with van der Waals surface area (Å²) in [6.45, 7) is 4.38. The molecule has 0 heterocycles. The summed E-state index contributed by atoms with van der Waals surface area (Å²) in [7, 11) is -4.83. The molecule has 0 aliphatic rings. The molecule has 0 aliphatic heterocycles. The molecule has 0 radical (unpaired) electrons. The quantitative estimate of drug-likeness (QED) is 0.304. The highest BCUT2D eigenvalue weighted by atomic mass is 31.2. The van der Waals surface area contributed by atoms with Gasteiger partial charge in [-0.2, -0.15) is 26.3 Å². The zero-order valence-electron chi connectivity index (χ0n) is 17.2. The predicted molar refractivity (Wildman–Crippen MR) is 105 cm³/mol. The lowest BCUT2D eigenvalue weighted by atomic mass is 10.0. The minimum absolute atomic E-state index is 0.297. The van der Waals surface area contributed by atoms with E-state index >= 15 is 0 Å². The van der Waals surface area contributed by atoms with Crippen LogP contribution in [0.5, 0.6) is 0 Å². The maximum atomic E-state index is 13.8. The van der Waals surface area contributed by atoms with Gasteiger partial charge in [0.2, 0.25) is 5.52 Å². The van der Waals surface area contributed by atoms with Crippen molar-refractivity contribution in [3.63, 3.8) is 0 Å². The molecule has 0 saturated carbocycles. The number of carbonyl (C=O) groups excluding carboxylic acids is 2. The second kappa shape index (κ2) is 8.73. The van der Waals surface area contributed by atoms with Gasteiger partial charge in [0, 0.05) is 5.30 Å². The number of ether oxygens (including phenoxy) is 1. The fourth-order valence-electron chi connectivity index (χ4n) is 2.94. The molecule has 1 unspecified atom stereocenters. The van der Waals surface area contributed by atoms with Crippen molar-refractivity contribution in [3.05, 3.63) is 65.2 Å². The van der Waals surface area contributed by atoms with Gasteiger partial charge in [0.25, 0.3) is 0 Å². The molecule has 0 spiro atoms. The molecular weight excluding hydrogens is 461 g/mol. The van der Waals surface area contributed by atoms with Crippen LogP contribution in [-0.4, -0.2) is 23.3 Å². The standard InChI is InChI=1S/C21H19F6O4P/c1-19(2,3)31-16(28)12-32(30,13-8-5-4-6-9-13)18(29)17-14(20(22,23)24)10-7-11-15(17)21(25,26)27/h4-11H,12H2,1-3H3. The molecule has 2 aromatic rings. The second-order valence-electron chi connectivity index (χ2n) is 7.85. The lowest BCUT2D eigenvalue weighted by Gasteiger charge is -2.24.